The fourth-order valence-corrected chi connectivity index (χ4v) is 6.52. The molecule has 40 heavy (non-hydrogen) atoms. The van der Waals surface area contributed by atoms with Gasteiger partial charge in [0.25, 0.3) is 0 Å². The van der Waals surface area contributed by atoms with Crippen LogP contribution in [-0.2, 0) is 4.79 Å². The van der Waals surface area contributed by atoms with E-state index in [0.29, 0.717) is 17.9 Å². The smallest absolute Gasteiger partial charge is 0.338 e. The van der Waals surface area contributed by atoms with Crippen LogP contribution < -0.4 is 15.1 Å². The molecular weight excluding hydrogens is 515 g/mol. The Bertz CT molecular complexity index is 1520. The molecule has 1 aromatic carbocycles. The van der Waals surface area contributed by atoms with Crippen molar-refractivity contribution in [1.29, 1.82) is 0 Å². The molecule has 2 saturated heterocycles. The second-order valence-corrected chi connectivity index (χ2v) is 11.3. The maximum absolute atomic E-state index is 14.7. The van der Waals surface area contributed by atoms with Crippen molar-refractivity contribution in [1.82, 2.24) is 20.1 Å². The Balaban J connectivity index is 1.11. The third-order valence-electron chi connectivity index (χ3n) is 8.70. The molecule has 3 aliphatic rings. The number of pyridine rings is 1. The van der Waals surface area contributed by atoms with E-state index < -0.39 is 12.0 Å². The van der Waals surface area contributed by atoms with Crippen molar-refractivity contribution in [2.45, 2.75) is 51.9 Å². The van der Waals surface area contributed by atoms with E-state index in [1.807, 2.05) is 19.9 Å². The molecule has 1 spiro atoms. The summed E-state index contributed by atoms with van der Waals surface area (Å²) in [5.41, 5.74) is 4.39. The average Bonchev–Trinajstić information content (AvgIpc) is 3.39. The summed E-state index contributed by atoms with van der Waals surface area (Å²) >= 11 is 0. The predicted molar refractivity (Wildman–Crippen MR) is 146 cm³/mol. The lowest BCUT2D eigenvalue weighted by Crippen LogP contribution is -2.58. The monoisotopic (exact) mass is 546 g/mol. The van der Waals surface area contributed by atoms with Gasteiger partial charge in [-0.2, -0.15) is 5.10 Å². The zero-order chi connectivity index (χ0) is 28.2. The molecule has 2 N–H and O–H groups in total. The number of urea groups is 1. The molecule has 208 valence electrons. The molecule has 1 aliphatic carbocycles. The molecule has 1 saturated carbocycles. The molecule has 2 aliphatic heterocycles. The Labute approximate surface area is 230 Å². The lowest BCUT2D eigenvalue weighted by Gasteiger charge is -2.54. The predicted octanol–water partition coefficient (Wildman–Crippen LogP) is 4.33. The summed E-state index contributed by atoms with van der Waals surface area (Å²) in [6.45, 7) is 6.10. The number of nitrogens with zero attached hydrogens (tertiary/aromatic N) is 5. The van der Waals surface area contributed by atoms with Crippen LogP contribution in [0, 0.1) is 25.1 Å². The SMILES string of the molecule is Cc1cc(N2CCC(=O)NC2=O)cnc1N1CC2(CCC(c3cc(F)cc(-n4cc(C(=O)O)cn4)c3C)CC2)C1. The zero-order valence-corrected chi connectivity index (χ0v) is 22.5. The molecule has 3 amide bonds. The summed E-state index contributed by atoms with van der Waals surface area (Å²) in [4.78, 5) is 43.4. The number of halogens is 1. The summed E-state index contributed by atoms with van der Waals surface area (Å²) < 4.78 is 16.1. The number of hydrogen-bond donors (Lipinski definition) is 2. The van der Waals surface area contributed by atoms with Gasteiger partial charge in [-0.05, 0) is 80.3 Å². The van der Waals surface area contributed by atoms with Gasteiger partial charge in [-0.25, -0.2) is 23.6 Å². The molecule has 6 rings (SSSR count). The van der Waals surface area contributed by atoms with E-state index in [-0.39, 0.29) is 35.0 Å². The van der Waals surface area contributed by atoms with Crippen molar-refractivity contribution >= 4 is 29.4 Å². The first-order chi connectivity index (χ1) is 19.1. The number of rotatable bonds is 5. The molecule has 0 radical (unpaired) electrons. The summed E-state index contributed by atoms with van der Waals surface area (Å²) in [7, 11) is 0. The van der Waals surface area contributed by atoms with E-state index in [9.17, 15) is 23.9 Å². The van der Waals surface area contributed by atoms with Crippen LogP contribution in [0.4, 0.5) is 20.7 Å². The molecule has 0 atom stereocenters. The zero-order valence-electron chi connectivity index (χ0n) is 22.5. The highest BCUT2D eigenvalue weighted by molar-refractivity contribution is 6.05. The molecule has 10 nitrogen and oxygen atoms in total. The van der Waals surface area contributed by atoms with Crippen LogP contribution in [0.3, 0.4) is 0 Å². The minimum atomic E-state index is -1.07. The van der Waals surface area contributed by atoms with Gasteiger partial charge in [-0.3, -0.25) is 15.0 Å². The minimum absolute atomic E-state index is 0.0622. The number of aromatic carboxylic acids is 1. The van der Waals surface area contributed by atoms with Crippen LogP contribution in [0.2, 0.25) is 0 Å². The summed E-state index contributed by atoms with van der Waals surface area (Å²) in [5, 5.41) is 15.7. The van der Waals surface area contributed by atoms with E-state index in [0.717, 1.165) is 61.3 Å². The third-order valence-corrected chi connectivity index (χ3v) is 8.70. The number of aromatic nitrogens is 3. The van der Waals surface area contributed by atoms with Gasteiger partial charge >= 0.3 is 12.0 Å². The number of carboxylic acids is 1. The van der Waals surface area contributed by atoms with Gasteiger partial charge in [0, 0.05) is 37.7 Å². The number of carbonyl (C=O) groups is 3. The van der Waals surface area contributed by atoms with Crippen LogP contribution in [0.1, 0.15) is 65.1 Å². The number of carboxylic acid groups (broad SMARTS) is 1. The van der Waals surface area contributed by atoms with Gasteiger partial charge in [0.1, 0.15) is 11.6 Å². The first kappa shape index (κ1) is 26.0. The summed E-state index contributed by atoms with van der Waals surface area (Å²) in [5.74, 6) is -0.540. The molecule has 2 aromatic heterocycles. The molecule has 0 unspecified atom stereocenters. The number of anilines is 2. The number of imide groups is 1. The van der Waals surface area contributed by atoms with E-state index in [4.69, 9.17) is 0 Å². The van der Waals surface area contributed by atoms with Gasteiger partial charge in [0.15, 0.2) is 0 Å². The summed E-state index contributed by atoms with van der Waals surface area (Å²) in [6, 6.07) is 4.55. The van der Waals surface area contributed by atoms with Gasteiger partial charge in [0.2, 0.25) is 5.91 Å². The molecule has 4 heterocycles. The highest BCUT2D eigenvalue weighted by atomic mass is 19.1. The second kappa shape index (κ2) is 9.72. The highest BCUT2D eigenvalue weighted by Crippen LogP contribution is 2.50. The number of nitrogens with one attached hydrogen (secondary N) is 1. The van der Waals surface area contributed by atoms with Crippen molar-refractivity contribution in [3.05, 3.63) is 64.9 Å². The quantitative estimate of drug-likeness (QED) is 0.489. The van der Waals surface area contributed by atoms with E-state index >= 15 is 0 Å². The Morgan fingerprint density at radius 3 is 2.52 bits per heavy atom. The van der Waals surface area contributed by atoms with Crippen LogP contribution in [0.25, 0.3) is 5.69 Å². The number of aryl methyl sites for hydroxylation is 1. The molecule has 3 fully saturated rings. The molecular formula is C29H31FN6O4. The maximum Gasteiger partial charge on any atom is 0.338 e. The lowest BCUT2D eigenvalue weighted by molar-refractivity contribution is -0.120. The van der Waals surface area contributed by atoms with Crippen LogP contribution in [0.15, 0.2) is 36.8 Å². The Morgan fingerprint density at radius 2 is 1.88 bits per heavy atom. The highest BCUT2D eigenvalue weighted by Gasteiger charge is 2.46. The van der Waals surface area contributed by atoms with Crippen molar-refractivity contribution in [2.24, 2.45) is 5.41 Å². The van der Waals surface area contributed by atoms with Crippen LogP contribution >= 0.6 is 0 Å². The Kier molecular flexibility index (Phi) is 6.31. The minimum Gasteiger partial charge on any atom is -0.478 e. The van der Waals surface area contributed by atoms with Crippen LogP contribution in [-0.4, -0.2) is 57.4 Å². The van der Waals surface area contributed by atoms with Crippen LogP contribution in [0.5, 0.6) is 0 Å². The molecule has 0 bridgehead atoms. The van der Waals surface area contributed by atoms with Crippen molar-refractivity contribution in [2.75, 3.05) is 29.4 Å². The van der Waals surface area contributed by atoms with Crippen molar-refractivity contribution in [3.8, 4) is 5.69 Å². The second-order valence-electron chi connectivity index (χ2n) is 11.3. The van der Waals surface area contributed by atoms with Crippen molar-refractivity contribution in [3.63, 3.8) is 0 Å². The number of benzene rings is 1. The topological polar surface area (TPSA) is 121 Å². The standard InChI is InChI=1S/C29H31FN6O4/c1-17-9-22(35-8-5-25(37)33-28(35)40)13-31-26(17)34-15-29(16-34)6-3-19(4-7-29)23-10-21(30)11-24(18(23)2)36-14-20(12-32-36)27(38)39/h9-14,19H,3-8,15-16H2,1-2H3,(H,38,39)(H,33,37,40). The maximum atomic E-state index is 14.7. The van der Waals surface area contributed by atoms with E-state index in [1.165, 1.54) is 23.1 Å². The first-order valence-corrected chi connectivity index (χ1v) is 13.5. The van der Waals surface area contributed by atoms with Gasteiger partial charge < -0.3 is 10.0 Å². The molecule has 11 heteroatoms. The number of carbonyl (C=O) groups excluding carboxylic acids is 2. The van der Waals surface area contributed by atoms with Gasteiger partial charge in [0.05, 0.1) is 29.3 Å². The van der Waals surface area contributed by atoms with Crippen molar-refractivity contribution < 1.29 is 23.9 Å². The largest absolute Gasteiger partial charge is 0.478 e. The molecule has 3 aromatic rings. The van der Waals surface area contributed by atoms with E-state index in [1.54, 1.807) is 17.2 Å². The lowest BCUT2D eigenvalue weighted by atomic mass is 9.64. The number of amides is 3. The average molecular weight is 547 g/mol. The van der Waals surface area contributed by atoms with Gasteiger partial charge in [-0.15, -0.1) is 0 Å². The first-order valence-electron chi connectivity index (χ1n) is 13.5. The fourth-order valence-electron chi connectivity index (χ4n) is 6.52. The normalized spacial score (nSPS) is 19.1. The Hall–Kier alpha value is -4.28. The summed E-state index contributed by atoms with van der Waals surface area (Å²) in [6.07, 6.45) is 8.62. The number of hydrogen-bond acceptors (Lipinski definition) is 6. The van der Waals surface area contributed by atoms with Gasteiger partial charge in [-0.1, -0.05) is 0 Å². The van der Waals surface area contributed by atoms with E-state index in [2.05, 4.69) is 20.3 Å². The Morgan fingerprint density at radius 1 is 1.12 bits per heavy atom. The third kappa shape index (κ3) is 4.59. The fraction of sp³-hybridized carbons (Fsp3) is 0.414.